The van der Waals surface area contributed by atoms with Crippen molar-refractivity contribution < 1.29 is 31.5 Å². The zero-order valence-electron chi connectivity index (χ0n) is 26.6. The van der Waals surface area contributed by atoms with E-state index in [1.807, 2.05) is 6.07 Å². The minimum atomic E-state index is -3.36. The first-order chi connectivity index (χ1) is 22.0. The third kappa shape index (κ3) is 11.0. The fourth-order valence-corrected chi connectivity index (χ4v) is 5.82. The number of hydrogen-bond donors (Lipinski definition) is 3. The molecule has 3 aromatic rings. The van der Waals surface area contributed by atoms with Gasteiger partial charge in [0.2, 0.25) is 15.9 Å². The van der Waals surface area contributed by atoms with Gasteiger partial charge >= 0.3 is 6.03 Å². The number of hydrogen-bond acceptors (Lipinski definition) is 7. The average Bonchev–Trinajstić information content (AvgIpc) is 3.02. The summed E-state index contributed by atoms with van der Waals surface area (Å²) < 4.78 is 59.7. The van der Waals surface area contributed by atoms with Gasteiger partial charge in [0, 0.05) is 63.3 Å². The van der Waals surface area contributed by atoms with Gasteiger partial charge in [-0.25, -0.2) is 27.0 Å². The summed E-state index contributed by atoms with van der Waals surface area (Å²) in [5.41, 5.74) is 0.834. The van der Waals surface area contributed by atoms with E-state index in [0.717, 1.165) is 50.2 Å². The Morgan fingerprint density at radius 3 is 2.34 bits per heavy atom. The van der Waals surface area contributed by atoms with Crippen LogP contribution in [0.3, 0.4) is 0 Å². The molecule has 0 aliphatic carbocycles. The number of nitrogens with one attached hydrogen (secondary N) is 3. The molecule has 0 spiro atoms. The third-order valence-corrected chi connectivity index (χ3v) is 8.22. The van der Waals surface area contributed by atoms with Crippen LogP contribution in [-0.4, -0.2) is 74.1 Å². The number of unbranched alkanes of at least 4 members (excludes halogenated alkanes) is 2. The van der Waals surface area contributed by atoms with E-state index in [4.69, 9.17) is 4.74 Å². The predicted octanol–water partition coefficient (Wildman–Crippen LogP) is 5.99. The number of halogens is 3. The quantitative estimate of drug-likeness (QED) is 0.187. The van der Waals surface area contributed by atoms with Gasteiger partial charge in [-0.3, -0.25) is 14.4 Å². The van der Waals surface area contributed by atoms with Crippen LogP contribution in [0.1, 0.15) is 54.9 Å². The normalized spacial score (nSPS) is 13.7. The summed E-state index contributed by atoms with van der Waals surface area (Å²) >= 11 is 0. The van der Waals surface area contributed by atoms with Gasteiger partial charge in [-0.2, -0.15) is 0 Å². The number of pyridine rings is 1. The molecule has 0 radical (unpaired) electrons. The first-order valence-electron chi connectivity index (χ1n) is 15.2. The Morgan fingerprint density at radius 1 is 1.04 bits per heavy atom. The fraction of sp³-hybridized carbons (Fsp3) is 0.406. The zero-order valence-corrected chi connectivity index (χ0v) is 28.2. The molecule has 2 aromatic carbocycles. The van der Waals surface area contributed by atoms with Crippen LogP contribution in [0.5, 0.6) is 11.6 Å². The summed E-state index contributed by atoms with van der Waals surface area (Å²) in [7, 11) is -2.02. The van der Waals surface area contributed by atoms with Crippen molar-refractivity contribution in [3.8, 4) is 11.6 Å². The Balaban J connectivity index is 0.00000600. The summed E-state index contributed by atoms with van der Waals surface area (Å²) in [5.74, 6) is -1.75. The summed E-state index contributed by atoms with van der Waals surface area (Å²) in [6.45, 7) is 4.71. The maximum absolute atomic E-state index is 14.6. The van der Waals surface area contributed by atoms with Crippen LogP contribution in [0.2, 0.25) is 0 Å². The average molecular weight is 695 g/mol. The molecule has 0 unspecified atom stereocenters. The molecule has 0 bridgehead atoms. The van der Waals surface area contributed by atoms with E-state index in [9.17, 15) is 26.8 Å². The Labute approximate surface area is 280 Å². The van der Waals surface area contributed by atoms with E-state index in [2.05, 4.69) is 32.2 Å². The second kappa shape index (κ2) is 17.2. The molecule has 3 N–H and O–H groups in total. The maximum Gasteiger partial charge on any atom is 0.322 e. The molecule has 1 aliphatic heterocycles. The van der Waals surface area contributed by atoms with Crippen molar-refractivity contribution in [2.24, 2.45) is 0 Å². The number of carbonyl (C=O) groups excluding carboxylic acids is 2. The molecule has 1 aromatic heterocycles. The second-order valence-electron chi connectivity index (χ2n) is 11.2. The number of piperidine rings is 1. The van der Waals surface area contributed by atoms with Crippen molar-refractivity contribution in [2.75, 3.05) is 43.0 Å². The Kier molecular flexibility index (Phi) is 13.7. The number of sulfonamides is 1. The zero-order chi connectivity index (χ0) is 33.3. The number of benzene rings is 2. The molecule has 1 saturated heterocycles. The lowest BCUT2D eigenvalue weighted by Crippen LogP contribution is -2.49. The van der Waals surface area contributed by atoms with Gasteiger partial charge in [0.15, 0.2) is 0 Å². The number of urea groups is 1. The van der Waals surface area contributed by atoms with E-state index in [1.54, 1.807) is 41.4 Å². The SMILES string of the molecule is CCCCCN(C(=O)Nc1cc(C(=O)NC)c(F)cc1F)C1CCN(Cc2ccc(Oc3ccc(NS(C)(=O)=O)cc3)nc2)CC1.Cl. The van der Waals surface area contributed by atoms with Crippen LogP contribution in [0.25, 0.3) is 0 Å². The molecular weight excluding hydrogens is 654 g/mol. The minimum Gasteiger partial charge on any atom is -0.439 e. The van der Waals surface area contributed by atoms with Crippen molar-refractivity contribution >= 4 is 45.7 Å². The fourth-order valence-electron chi connectivity index (χ4n) is 5.26. The van der Waals surface area contributed by atoms with Gasteiger partial charge in [-0.05, 0) is 55.2 Å². The van der Waals surface area contributed by atoms with E-state index in [0.29, 0.717) is 49.3 Å². The number of nitrogens with zero attached hydrogens (tertiary/aromatic N) is 3. The molecule has 256 valence electrons. The van der Waals surface area contributed by atoms with Crippen molar-refractivity contribution in [1.82, 2.24) is 20.1 Å². The Bertz CT molecular complexity index is 1610. The van der Waals surface area contributed by atoms with Crippen molar-refractivity contribution in [3.05, 3.63) is 77.5 Å². The predicted molar refractivity (Wildman–Crippen MR) is 180 cm³/mol. The summed E-state index contributed by atoms with van der Waals surface area (Å²) in [5, 5.41) is 4.89. The number of carbonyl (C=O) groups is 2. The molecule has 11 nitrogen and oxygen atoms in total. The van der Waals surface area contributed by atoms with Crippen LogP contribution in [-0.2, 0) is 16.6 Å². The number of rotatable bonds is 13. The van der Waals surface area contributed by atoms with E-state index < -0.39 is 33.6 Å². The highest BCUT2D eigenvalue weighted by atomic mass is 35.5. The molecular formula is C32H41ClF2N6O5S. The van der Waals surface area contributed by atoms with E-state index in [-0.39, 0.29) is 29.7 Å². The first-order valence-corrected chi connectivity index (χ1v) is 17.1. The van der Waals surface area contributed by atoms with Gasteiger partial charge in [0.1, 0.15) is 17.4 Å². The monoisotopic (exact) mass is 694 g/mol. The third-order valence-electron chi connectivity index (χ3n) is 7.62. The van der Waals surface area contributed by atoms with E-state index in [1.165, 1.54) is 7.05 Å². The number of likely N-dealkylation sites (tertiary alicyclic amines) is 1. The van der Waals surface area contributed by atoms with Crippen LogP contribution < -0.4 is 20.1 Å². The summed E-state index contributed by atoms with van der Waals surface area (Å²) in [4.78, 5) is 33.8. The molecule has 0 atom stereocenters. The maximum atomic E-state index is 14.6. The highest BCUT2D eigenvalue weighted by molar-refractivity contribution is 7.92. The molecule has 3 amide bonds. The van der Waals surface area contributed by atoms with Crippen LogP contribution in [0.4, 0.5) is 25.0 Å². The van der Waals surface area contributed by atoms with Crippen molar-refractivity contribution in [3.63, 3.8) is 0 Å². The van der Waals surface area contributed by atoms with Gasteiger partial charge in [-0.1, -0.05) is 25.8 Å². The molecule has 15 heteroatoms. The van der Waals surface area contributed by atoms with Crippen LogP contribution in [0.15, 0.2) is 54.7 Å². The van der Waals surface area contributed by atoms with E-state index >= 15 is 0 Å². The van der Waals surface area contributed by atoms with Crippen molar-refractivity contribution in [2.45, 2.75) is 51.6 Å². The lowest BCUT2D eigenvalue weighted by atomic mass is 10.0. The topological polar surface area (TPSA) is 133 Å². The second-order valence-corrected chi connectivity index (χ2v) is 13.0. The molecule has 0 saturated carbocycles. The van der Waals surface area contributed by atoms with Gasteiger partial charge < -0.3 is 20.3 Å². The number of anilines is 2. The van der Waals surface area contributed by atoms with Crippen molar-refractivity contribution in [1.29, 1.82) is 0 Å². The lowest BCUT2D eigenvalue weighted by Gasteiger charge is -2.38. The van der Waals surface area contributed by atoms with Crippen LogP contribution >= 0.6 is 12.4 Å². The highest BCUT2D eigenvalue weighted by Gasteiger charge is 2.29. The smallest absolute Gasteiger partial charge is 0.322 e. The molecule has 4 rings (SSSR count). The minimum absolute atomic E-state index is 0. The Hall–Kier alpha value is -4.01. The molecule has 2 heterocycles. The lowest BCUT2D eigenvalue weighted by molar-refractivity contribution is 0.0959. The van der Waals surface area contributed by atoms with Gasteiger partial charge in [0.05, 0.1) is 17.5 Å². The molecule has 47 heavy (non-hydrogen) atoms. The summed E-state index contributed by atoms with van der Waals surface area (Å²) in [6, 6.07) is 11.3. The van der Waals surface area contributed by atoms with Gasteiger partial charge in [-0.15, -0.1) is 12.4 Å². The largest absolute Gasteiger partial charge is 0.439 e. The number of aromatic nitrogens is 1. The number of ether oxygens (including phenoxy) is 1. The standard InChI is InChI=1S/C32H40F2N6O5S.ClH/c1-4-5-6-15-40(32(42)37-29-18-26(31(41)35-2)27(33)19-28(29)34)24-13-16-39(17-14-24)21-22-7-12-30(36-20-22)45-25-10-8-23(9-11-25)38-46(3,43)44;/h7-12,18-20,24,38H,4-6,13-17,21H2,1-3H3,(H,35,41)(H,37,42);1H. The highest BCUT2D eigenvalue weighted by Crippen LogP contribution is 2.25. The number of amides is 3. The van der Waals surface area contributed by atoms with Gasteiger partial charge in [0.25, 0.3) is 5.91 Å². The molecule has 1 fully saturated rings. The summed E-state index contributed by atoms with van der Waals surface area (Å²) in [6.07, 6.45) is 6.97. The molecule has 1 aliphatic rings. The Morgan fingerprint density at radius 2 is 1.74 bits per heavy atom. The van der Waals surface area contributed by atoms with Crippen LogP contribution in [0, 0.1) is 11.6 Å². The first kappa shape index (κ1) is 37.4.